The van der Waals surface area contributed by atoms with Gasteiger partial charge in [0.05, 0.1) is 4.92 Å². The molecule has 1 aliphatic heterocycles. The van der Waals surface area contributed by atoms with Crippen molar-refractivity contribution in [1.29, 1.82) is 0 Å². The van der Waals surface area contributed by atoms with Crippen molar-refractivity contribution >= 4 is 17.3 Å². The van der Waals surface area contributed by atoms with Gasteiger partial charge in [0, 0.05) is 37.3 Å². The molecule has 1 unspecified atom stereocenters. The molecular weight excluding hydrogens is 284 g/mol. The first-order valence-corrected chi connectivity index (χ1v) is 7.59. The molecule has 3 rings (SSSR count). The van der Waals surface area contributed by atoms with Crippen LogP contribution in [-0.4, -0.2) is 48.0 Å². The van der Waals surface area contributed by atoms with Gasteiger partial charge >= 0.3 is 0 Å². The fourth-order valence-electron chi connectivity index (χ4n) is 2.72. The second kappa shape index (κ2) is 5.92. The van der Waals surface area contributed by atoms with E-state index in [1.807, 2.05) is 0 Å². The largest absolute Gasteiger partial charge is 0.377 e. The number of carbonyl (C=O) groups excluding carboxylic acids is 1. The Morgan fingerprint density at radius 3 is 2.77 bits per heavy atom. The van der Waals surface area contributed by atoms with Crippen LogP contribution in [0.2, 0.25) is 0 Å². The number of nitrogens with one attached hydrogen (secondary N) is 2. The number of rotatable bonds is 5. The van der Waals surface area contributed by atoms with E-state index in [1.54, 1.807) is 24.1 Å². The quantitative estimate of drug-likeness (QED) is 0.637. The third-order valence-electron chi connectivity index (χ3n) is 4.28. The molecule has 22 heavy (non-hydrogen) atoms. The summed E-state index contributed by atoms with van der Waals surface area (Å²) in [5, 5.41) is 17.6. The van der Waals surface area contributed by atoms with Crippen molar-refractivity contribution in [3.63, 3.8) is 0 Å². The maximum absolute atomic E-state index is 12.5. The molecule has 0 spiro atoms. The minimum absolute atomic E-state index is 0.0318. The monoisotopic (exact) mass is 304 g/mol. The lowest BCUT2D eigenvalue weighted by atomic mass is 10.1. The highest BCUT2D eigenvalue weighted by Gasteiger charge is 2.28. The summed E-state index contributed by atoms with van der Waals surface area (Å²) in [4.78, 5) is 25.0. The summed E-state index contributed by atoms with van der Waals surface area (Å²) in [6, 6.07) is 5.17. The third-order valence-corrected chi connectivity index (χ3v) is 4.28. The minimum atomic E-state index is -0.432. The number of benzene rings is 1. The van der Waals surface area contributed by atoms with Crippen LogP contribution in [0.3, 0.4) is 0 Å². The number of hydrogen-bond donors (Lipinski definition) is 2. The zero-order valence-corrected chi connectivity index (χ0v) is 12.5. The number of likely N-dealkylation sites (N-methyl/N-ethyl adjacent to an activating group) is 1. The van der Waals surface area contributed by atoms with Crippen LogP contribution in [0.25, 0.3) is 0 Å². The summed E-state index contributed by atoms with van der Waals surface area (Å²) in [7, 11) is 1.75. The molecule has 7 heteroatoms. The van der Waals surface area contributed by atoms with E-state index in [2.05, 4.69) is 10.6 Å². The van der Waals surface area contributed by atoms with Gasteiger partial charge in [0.15, 0.2) is 0 Å². The van der Waals surface area contributed by atoms with Gasteiger partial charge in [0.2, 0.25) is 0 Å². The molecule has 1 heterocycles. The van der Waals surface area contributed by atoms with Gasteiger partial charge in [-0.15, -0.1) is 0 Å². The molecule has 0 bridgehead atoms. The van der Waals surface area contributed by atoms with Crippen LogP contribution >= 0.6 is 0 Å². The molecule has 1 aliphatic carbocycles. The lowest BCUT2D eigenvalue weighted by molar-refractivity contribution is -0.384. The number of hydrogen-bond acceptors (Lipinski definition) is 5. The Hall–Kier alpha value is -2.15. The fourth-order valence-corrected chi connectivity index (χ4v) is 2.72. The summed E-state index contributed by atoms with van der Waals surface area (Å²) in [6.07, 6.45) is 2.98. The van der Waals surface area contributed by atoms with E-state index in [0.717, 1.165) is 32.4 Å². The van der Waals surface area contributed by atoms with Gasteiger partial charge in [-0.3, -0.25) is 14.9 Å². The zero-order chi connectivity index (χ0) is 15.7. The Morgan fingerprint density at radius 1 is 1.41 bits per heavy atom. The predicted molar refractivity (Wildman–Crippen MR) is 83.1 cm³/mol. The summed E-state index contributed by atoms with van der Waals surface area (Å²) in [5.74, 6) is -0.172. The smallest absolute Gasteiger partial charge is 0.293 e. The van der Waals surface area contributed by atoms with Crippen molar-refractivity contribution in [2.24, 2.45) is 0 Å². The fraction of sp³-hybridized carbons (Fsp3) is 0.533. The Bertz CT molecular complexity index is 594. The van der Waals surface area contributed by atoms with Crippen molar-refractivity contribution in [1.82, 2.24) is 10.2 Å². The summed E-state index contributed by atoms with van der Waals surface area (Å²) in [5.41, 5.74) is 0.826. The van der Waals surface area contributed by atoms with Crippen LogP contribution in [0.1, 0.15) is 29.6 Å². The van der Waals surface area contributed by atoms with Crippen molar-refractivity contribution in [2.45, 2.75) is 31.3 Å². The topological polar surface area (TPSA) is 87.5 Å². The molecule has 1 saturated heterocycles. The molecule has 2 fully saturated rings. The van der Waals surface area contributed by atoms with Crippen molar-refractivity contribution in [3.05, 3.63) is 33.9 Å². The third kappa shape index (κ3) is 3.04. The molecule has 118 valence electrons. The lowest BCUT2D eigenvalue weighted by Gasteiger charge is -2.23. The van der Waals surface area contributed by atoms with Crippen LogP contribution in [0.4, 0.5) is 11.4 Å². The van der Waals surface area contributed by atoms with E-state index in [9.17, 15) is 14.9 Å². The Kier molecular flexibility index (Phi) is 3.98. The average Bonchev–Trinajstić information content (AvgIpc) is 3.16. The van der Waals surface area contributed by atoms with Crippen LogP contribution in [-0.2, 0) is 0 Å². The van der Waals surface area contributed by atoms with Crippen LogP contribution < -0.4 is 10.6 Å². The van der Waals surface area contributed by atoms with E-state index < -0.39 is 4.92 Å². The van der Waals surface area contributed by atoms with Crippen molar-refractivity contribution in [2.75, 3.05) is 25.5 Å². The summed E-state index contributed by atoms with van der Waals surface area (Å²) < 4.78 is 0. The highest BCUT2D eigenvalue weighted by molar-refractivity contribution is 5.95. The first-order chi connectivity index (χ1) is 10.6. The number of nitro groups is 1. The maximum atomic E-state index is 12.5. The number of carbonyl (C=O) groups is 1. The molecule has 2 N–H and O–H groups in total. The average molecular weight is 304 g/mol. The van der Waals surface area contributed by atoms with E-state index in [-0.39, 0.29) is 17.6 Å². The van der Waals surface area contributed by atoms with Gasteiger partial charge in [-0.25, -0.2) is 0 Å². The van der Waals surface area contributed by atoms with E-state index >= 15 is 0 Å². The van der Waals surface area contributed by atoms with Crippen molar-refractivity contribution in [3.8, 4) is 0 Å². The molecule has 1 amide bonds. The minimum Gasteiger partial charge on any atom is -0.377 e. The summed E-state index contributed by atoms with van der Waals surface area (Å²) in [6.45, 7) is 1.67. The number of anilines is 1. The standard InChI is InChI=1S/C15H20N4O3/c1-18(12-6-7-16-9-12)15(20)10-2-5-13(17-11-3-4-11)14(8-10)19(21)22/h2,5,8,11-12,16-17H,3-4,6-7,9H2,1H3. The van der Waals surface area contributed by atoms with Crippen LogP contribution in [0.5, 0.6) is 0 Å². The van der Waals surface area contributed by atoms with Gasteiger partial charge < -0.3 is 15.5 Å². The lowest BCUT2D eigenvalue weighted by Crippen LogP contribution is -2.38. The van der Waals surface area contributed by atoms with Crippen LogP contribution in [0.15, 0.2) is 18.2 Å². The molecule has 1 aromatic rings. The maximum Gasteiger partial charge on any atom is 0.293 e. The van der Waals surface area contributed by atoms with E-state index in [0.29, 0.717) is 17.3 Å². The Morgan fingerprint density at radius 2 is 2.18 bits per heavy atom. The van der Waals surface area contributed by atoms with Gasteiger partial charge in [0.25, 0.3) is 11.6 Å². The van der Waals surface area contributed by atoms with Gasteiger partial charge in [-0.1, -0.05) is 0 Å². The Labute approximate surface area is 128 Å². The Balaban J connectivity index is 1.81. The number of amides is 1. The SMILES string of the molecule is CN(C(=O)c1ccc(NC2CC2)c([N+](=O)[O-])c1)C1CCNC1. The van der Waals surface area contributed by atoms with E-state index in [4.69, 9.17) is 0 Å². The molecular formula is C15H20N4O3. The normalized spacial score (nSPS) is 20.7. The second-order valence-electron chi connectivity index (χ2n) is 5.97. The van der Waals surface area contributed by atoms with E-state index in [1.165, 1.54) is 6.07 Å². The first kappa shape index (κ1) is 14.8. The number of nitro benzene ring substituents is 1. The molecule has 1 saturated carbocycles. The molecule has 1 atom stereocenters. The first-order valence-electron chi connectivity index (χ1n) is 7.59. The molecule has 7 nitrogen and oxygen atoms in total. The highest BCUT2D eigenvalue weighted by Crippen LogP contribution is 2.31. The second-order valence-corrected chi connectivity index (χ2v) is 5.97. The van der Waals surface area contributed by atoms with Gasteiger partial charge in [-0.2, -0.15) is 0 Å². The van der Waals surface area contributed by atoms with Gasteiger partial charge in [-0.05, 0) is 37.9 Å². The predicted octanol–water partition coefficient (Wildman–Crippen LogP) is 1.60. The van der Waals surface area contributed by atoms with Crippen LogP contribution in [0, 0.1) is 10.1 Å². The van der Waals surface area contributed by atoms with Crippen molar-refractivity contribution < 1.29 is 9.72 Å². The molecule has 0 radical (unpaired) electrons. The molecule has 1 aromatic carbocycles. The van der Waals surface area contributed by atoms with Gasteiger partial charge in [0.1, 0.15) is 5.69 Å². The molecule has 0 aromatic heterocycles. The number of nitrogens with zero attached hydrogens (tertiary/aromatic N) is 2. The molecule has 2 aliphatic rings. The summed E-state index contributed by atoms with van der Waals surface area (Å²) >= 11 is 0. The zero-order valence-electron chi connectivity index (χ0n) is 12.5. The highest BCUT2D eigenvalue weighted by atomic mass is 16.6.